The number of rotatable bonds is 11. The number of hydrogen-bond donors (Lipinski definition) is 2. The Hall–Kier alpha value is -0.690. The number of amides is 1. The lowest BCUT2D eigenvalue weighted by molar-refractivity contribution is -0.122. The van der Waals surface area contributed by atoms with E-state index in [1.54, 1.807) is 14.2 Å². The fourth-order valence-electron chi connectivity index (χ4n) is 3.92. The predicted octanol–water partition coefficient (Wildman–Crippen LogP) is 0.309. The number of likely N-dealkylation sites (tertiary alicyclic amines) is 1. The normalized spacial score (nSPS) is 19.2. The first-order valence-corrected chi connectivity index (χ1v) is 11.4. The van der Waals surface area contributed by atoms with E-state index < -0.39 is 0 Å². The second-order valence-corrected chi connectivity index (χ2v) is 8.08. The van der Waals surface area contributed by atoms with Gasteiger partial charge in [0.1, 0.15) is 0 Å². The van der Waals surface area contributed by atoms with Crippen LogP contribution >= 0.6 is 24.0 Å². The van der Waals surface area contributed by atoms with Crippen molar-refractivity contribution in [3.63, 3.8) is 0 Å². The van der Waals surface area contributed by atoms with Crippen molar-refractivity contribution in [2.24, 2.45) is 10.9 Å². The van der Waals surface area contributed by atoms with Gasteiger partial charge in [0, 0.05) is 66.6 Å². The molecule has 2 aliphatic heterocycles. The molecular formula is C21H43IN6O3. The van der Waals surface area contributed by atoms with Gasteiger partial charge in [0.15, 0.2) is 5.96 Å². The number of ether oxygens (including phenoxy) is 2. The molecule has 2 saturated heterocycles. The van der Waals surface area contributed by atoms with Crippen molar-refractivity contribution in [3.8, 4) is 0 Å². The average molecular weight is 555 g/mol. The van der Waals surface area contributed by atoms with E-state index in [9.17, 15) is 4.79 Å². The zero-order valence-corrected chi connectivity index (χ0v) is 21.9. The highest BCUT2D eigenvalue weighted by atomic mass is 127. The minimum absolute atomic E-state index is 0. The number of carbonyl (C=O) groups is 1. The molecule has 2 rings (SSSR count). The number of nitrogens with zero attached hydrogens (tertiary/aromatic N) is 4. The summed E-state index contributed by atoms with van der Waals surface area (Å²) in [6, 6.07) is 0. The summed E-state index contributed by atoms with van der Waals surface area (Å²) >= 11 is 0. The van der Waals surface area contributed by atoms with Crippen molar-refractivity contribution in [1.29, 1.82) is 0 Å². The molecule has 1 amide bonds. The molecule has 0 aliphatic carbocycles. The van der Waals surface area contributed by atoms with Gasteiger partial charge in [-0.3, -0.25) is 14.7 Å². The summed E-state index contributed by atoms with van der Waals surface area (Å²) in [6.45, 7) is 13.1. The lowest BCUT2D eigenvalue weighted by Gasteiger charge is -2.36. The van der Waals surface area contributed by atoms with E-state index in [4.69, 9.17) is 14.5 Å². The number of carbonyl (C=O) groups excluding carboxylic acids is 1. The molecule has 9 nitrogen and oxygen atoms in total. The topological polar surface area (TPSA) is 81.7 Å². The van der Waals surface area contributed by atoms with Crippen LogP contribution in [0.3, 0.4) is 0 Å². The van der Waals surface area contributed by atoms with Crippen molar-refractivity contribution in [1.82, 2.24) is 25.3 Å². The summed E-state index contributed by atoms with van der Waals surface area (Å²) in [5, 5.41) is 6.35. The number of guanidine groups is 1. The molecule has 0 radical (unpaired) electrons. The summed E-state index contributed by atoms with van der Waals surface area (Å²) in [5.74, 6) is 1.75. The zero-order chi connectivity index (χ0) is 21.6. The molecule has 0 unspecified atom stereocenters. The second kappa shape index (κ2) is 16.9. The van der Waals surface area contributed by atoms with Crippen LogP contribution in [-0.2, 0) is 14.3 Å². The molecule has 10 heteroatoms. The first-order chi connectivity index (χ1) is 14.7. The van der Waals surface area contributed by atoms with E-state index in [1.165, 1.54) is 12.8 Å². The Balaban J connectivity index is 0.00000480. The molecule has 0 saturated carbocycles. The number of piperidine rings is 1. The Morgan fingerprint density at radius 3 is 2.26 bits per heavy atom. The third kappa shape index (κ3) is 11.1. The standard InChI is InChI=1S/C21H42N6O3.HI/c1-4-22-21(24-17-19-5-8-25(9-6-19)14-16-30-3)27-12-10-26(11-13-27)18-20(28)23-7-15-29-2;/h19H,4-18H2,1-3H3,(H,22,24)(H,23,28);1H. The van der Waals surface area contributed by atoms with E-state index in [2.05, 4.69) is 32.3 Å². The van der Waals surface area contributed by atoms with Crippen LogP contribution in [0.5, 0.6) is 0 Å². The van der Waals surface area contributed by atoms with Crippen molar-refractivity contribution < 1.29 is 14.3 Å². The molecule has 2 heterocycles. The van der Waals surface area contributed by atoms with Crippen molar-refractivity contribution >= 4 is 35.8 Å². The Kier molecular flexibility index (Phi) is 15.4. The van der Waals surface area contributed by atoms with Crippen LogP contribution in [-0.4, -0.2) is 126 Å². The van der Waals surface area contributed by atoms with E-state index >= 15 is 0 Å². The van der Waals surface area contributed by atoms with Crippen LogP contribution in [0.4, 0.5) is 0 Å². The van der Waals surface area contributed by atoms with Gasteiger partial charge in [-0.2, -0.15) is 0 Å². The molecule has 182 valence electrons. The molecule has 2 N–H and O–H groups in total. The van der Waals surface area contributed by atoms with Gasteiger partial charge < -0.3 is 29.9 Å². The number of halogens is 1. The van der Waals surface area contributed by atoms with Crippen LogP contribution < -0.4 is 10.6 Å². The van der Waals surface area contributed by atoms with Gasteiger partial charge in [0.2, 0.25) is 5.91 Å². The van der Waals surface area contributed by atoms with E-state index in [1.807, 2.05) is 0 Å². The summed E-state index contributed by atoms with van der Waals surface area (Å²) in [7, 11) is 3.40. The lowest BCUT2D eigenvalue weighted by Crippen LogP contribution is -2.54. The third-order valence-corrected chi connectivity index (χ3v) is 5.82. The molecule has 0 aromatic carbocycles. The maximum Gasteiger partial charge on any atom is 0.234 e. The second-order valence-electron chi connectivity index (χ2n) is 8.08. The van der Waals surface area contributed by atoms with Gasteiger partial charge in [-0.05, 0) is 38.8 Å². The molecular weight excluding hydrogens is 511 g/mol. The molecule has 0 spiro atoms. The predicted molar refractivity (Wildman–Crippen MR) is 135 cm³/mol. The van der Waals surface area contributed by atoms with Gasteiger partial charge in [-0.15, -0.1) is 24.0 Å². The molecule has 2 fully saturated rings. The zero-order valence-electron chi connectivity index (χ0n) is 19.6. The Morgan fingerprint density at radius 1 is 0.968 bits per heavy atom. The summed E-state index contributed by atoms with van der Waals surface area (Å²) in [6.07, 6.45) is 2.41. The van der Waals surface area contributed by atoms with Gasteiger partial charge in [-0.1, -0.05) is 0 Å². The van der Waals surface area contributed by atoms with Crippen molar-refractivity contribution in [2.45, 2.75) is 19.8 Å². The Morgan fingerprint density at radius 2 is 1.65 bits per heavy atom. The highest BCUT2D eigenvalue weighted by Gasteiger charge is 2.22. The smallest absolute Gasteiger partial charge is 0.234 e. The number of hydrogen-bond acceptors (Lipinski definition) is 6. The number of piperazine rings is 1. The molecule has 2 aliphatic rings. The number of aliphatic imine (C=N–C) groups is 1. The SMILES string of the molecule is CCNC(=NCC1CCN(CCOC)CC1)N1CCN(CC(=O)NCCOC)CC1.I. The van der Waals surface area contributed by atoms with E-state index in [-0.39, 0.29) is 29.9 Å². The van der Waals surface area contributed by atoms with Crippen LogP contribution in [0.1, 0.15) is 19.8 Å². The van der Waals surface area contributed by atoms with Crippen LogP contribution in [0.15, 0.2) is 4.99 Å². The number of nitrogens with one attached hydrogen (secondary N) is 2. The fourth-order valence-corrected chi connectivity index (χ4v) is 3.92. The molecule has 0 atom stereocenters. The fraction of sp³-hybridized carbons (Fsp3) is 0.905. The third-order valence-electron chi connectivity index (χ3n) is 5.82. The maximum atomic E-state index is 12.0. The molecule has 31 heavy (non-hydrogen) atoms. The van der Waals surface area contributed by atoms with Gasteiger partial charge in [-0.25, -0.2) is 0 Å². The Labute approximate surface area is 205 Å². The van der Waals surface area contributed by atoms with Crippen LogP contribution in [0.2, 0.25) is 0 Å². The lowest BCUT2D eigenvalue weighted by atomic mass is 9.97. The molecule has 0 bridgehead atoms. The van der Waals surface area contributed by atoms with E-state index in [0.717, 1.165) is 71.5 Å². The monoisotopic (exact) mass is 554 g/mol. The molecule has 0 aromatic rings. The largest absolute Gasteiger partial charge is 0.383 e. The summed E-state index contributed by atoms with van der Waals surface area (Å²) in [5.41, 5.74) is 0. The van der Waals surface area contributed by atoms with Gasteiger partial charge in [0.25, 0.3) is 0 Å². The van der Waals surface area contributed by atoms with Gasteiger partial charge in [0.05, 0.1) is 19.8 Å². The highest BCUT2D eigenvalue weighted by molar-refractivity contribution is 14.0. The number of methoxy groups -OCH3 is 2. The summed E-state index contributed by atoms with van der Waals surface area (Å²) in [4.78, 5) is 24.0. The van der Waals surface area contributed by atoms with Crippen LogP contribution in [0, 0.1) is 5.92 Å². The molecule has 0 aromatic heterocycles. The Bertz CT molecular complexity index is 509. The van der Waals surface area contributed by atoms with Crippen molar-refractivity contribution in [3.05, 3.63) is 0 Å². The highest BCUT2D eigenvalue weighted by Crippen LogP contribution is 2.17. The minimum atomic E-state index is 0. The maximum absolute atomic E-state index is 12.0. The minimum Gasteiger partial charge on any atom is -0.383 e. The first-order valence-electron chi connectivity index (χ1n) is 11.4. The van der Waals surface area contributed by atoms with E-state index in [0.29, 0.717) is 25.6 Å². The quantitative estimate of drug-likeness (QED) is 0.165. The van der Waals surface area contributed by atoms with Crippen molar-refractivity contribution in [2.75, 3.05) is 99.4 Å². The van der Waals surface area contributed by atoms with Gasteiger partial charge >= 0.3 is 0 Å². The van der Waals surface area contributed by atoms with Crippen LogP contribution in [0.25, 0.3) is 0 Å². The average Bonchev–Trinajstić information content (AvgIpc) is 2.77. The summed E-state index contributed by atoms with van der Waals surface area (Å²) < 4.78 is 10.2. The first kappa shape index (κ1) is 28.3.